The summed E-state index contributed by atoms with van der Waals surface area (Å²) in [6.07, 6.45) is 5.64. The summed E-state index contributed by atoms with van der Waals surface area (Å²) in [5.74, 6) is 0. The molecule has 2 heteroatoms. The van der Waals surface area contributed by atoms with E-state index < -0.39 is 0 Å². The minimum atomic E-state index is 0. The third-order valence-electron chi connectivity index (χ3n) is 1.99. The first kappa shape index (κ1) is 20.1. The Morgan fingerprint density at radius 3 is 1.85 bits per heavy atom. The maximum Gasteiger partial charge on any atom is 1.00 e. The molecule has 1 heterocycles. The van der Waals surface area contributed by atoms with Gasteiger partial charge in [-0.2, -0.15) is 0 Å². The molecule has 0 N–H and O–H groups in total. The van der Waals surface area contributed by atoms with E-state index in [1.807, 2.05) is 13.8 Å². The normalized spacial score (nSPS) is 15.9. The molecule has 1 fully saturated rings. The van der Waals surface area contributed by atoms with Crippen molar-refractivity contribution in [2.75, 3.05) is 19.6 Å². The Balaban J connectivity index is -0.000000234. The molecule has 0 aliphatic carbocycles. The van der Waals surface area contributed by atoms with Gasteiger partial charge in [-0.05, 0) is 38.9 Å². The van der Waals surface area contributed by atoms with Gasteiger partial charge in [0.2, 0.25) is 0 Å². The third-order valence-corrected chi connectivity index (χ3v) is 1.99. The first-order valence-electron chi connectivity index (χ1n) is 5.16. The Kier molecular flexibility index (Phi) is 24.8. The number of hydrogen-bond donors (Lipinski definition) is 0. The van der Waals surface area contributed by atoms with Gasteiger partial charge in [-0.15, -0.1) is 0 Å². The fraction of sp³-hybridized carbons (Fsp3) is 0.909. The number of hydrogen-bond acceptors (Lipinski definition) is 1. The van der Waals surface area contributed by atoms with Gasteiger partial charge in [-0.25, -0.2) is 0 Å². The Morgan fingerprint density at radius 2 is 1.46 bits per heavy atom. The van der Waals surface area contributed by atoms with Gasteiger partial charge < -0.3 is 12.3 Å². The van der Waals surface area contributed by atoms with Crippen LogP contribution in [-0.2, 0) is 0 Å². The van der Waals surface area contributed by atoms with Gasteiger partial charge in [0, 0.05) is 0 Å². The van der Waals surface area contributed by atoms with Crippen molar-refractivity contribution in [3.8, 4) is 0 Å². The van der Waals surface area contributed by atoms with E-state index in [1.54, 1.807) is 0 Å². The van der Waals surface area contributed by atoms with E-state index in [1.165, 1.54) is 45.3 Å². The summed E-state index contributed by atoms with van der Waals surface area (Å²) in [7, 11) is 0. The van der Waals surface area contributed by atoms with Gasteiger partial charge in [0.1, 0.15) is 0 Å². The zero-order valence-electron chi connectivity index (χ0n) is 10.4. The second kappa shape index (κ2) is 16.0. The van der Waals surface area contributed by atoms with Gasteiger partial charge in [0.25, 0.3) is 0 Å². The van der Waals surface area contributed by atoms with Crippen molar-refractivity contribution in [1.82, 2.24) is 4.90 Å². The molecule has 0 radical (unpaired) electrons. The molecule has 0 amide bonds. The van der Waals surface area contributed by atoms with Crippen LogP contribution in [0.4, 0.5) is 0 Å². The standard InChI is InChI=1S/C8H17N.C2H6.CH3.K/c1-2-6-9-7-4-3-5-8-9;1-2;;/h2-8H2,1H3;1-2H3;1H3;/q;;-1;+1. The SMILES string of the molecule is CC.CCCN1CCCCC1.[CH3-].[K+]. The van der Waals surface area contributed by atoms with Crippen LogP contribution >= 0.6 is 0 Å². The fourth-order valence-corrected chi connectivity index (χ4v) is 1.50. The molecule has 0 spiro atoms. The Morgan fingerprint density at radius 1 is 1.00 bits per heavy atom. The summed E-state index contributed by atoms with van der Waals surface area (Å²) in [6.45, 7) is 10.3. The minimum absolute atomic E-state index is 0. The molecule has 1 aliphatic heterocycles. The van der Waals surface area contributed by atoms with E-state index in [4.69, 9.17) is 0 Å². The minimum Gasteiger partial charge on any atom is -0.358 e. The summed E-state index contributed by atoms with van der Waals surface area (Å²) in [5.41, 5.74) is 0. The zero-order valence-corrected chi connectivity index (χ0v) is 13.5. The molecule has 13 heavy (non-hydrogen) atoms. The molecule has 0 bridgehead atoms. The molecule has 1 rings (SSSR count). The van der Waals surface area contributed by atoms with Crippen LogP contribution in [0.3, 0.4) is 0 Å². The quantitative estimate of drug-likeness (QED) is 0.471. The Labute approximate surface area is 128 Å². The van der Waals surface area contributed by atoms with Crippen LogP contribution in [0.15, 0.2) is 0 Å². The molecule has 0 aromatic heterocycles. The van der Waals surface area contributed by atoms with Crippen molar-refractivity contribution in [3.05, 3.63) is 7.43 Å². The molecule has 76 valence electrons. The van der Waals surface area contributed by atoms with E-state index in [9.17, 15) is 0 Å². The van der Waals surface area contributed by atoms with Crippen LogP contribution in [0.5, 0.6) is 0 Å². The summed E-state index contributed by atoms with van der Waals surface area (Å²) in [5, 5.41) is 0. The molecule has 1 aliphatic rings. The Bertz CT molecular complexity index is 67.7. The van der Waals surface area contributed by atoms with Crippen molar-refractivity contribution >= 4 is 0 Å². The van der Waals surface area contributed by atoms with Crippen LogP contribution in [0, 0.1) is 7.43 Å². The molecule has 1 saturated heterocycles. The molecule has 0 unspecified atom stereocenters. The van der Waals surface area contributed by atoms with E-state index in [0.717, 1.165) is 0 Å². The number of rotatable bonds is 2. The van der Waals surface area contributed by atoms with Gasteiger partial charge in [-0.3, -0.25) is 0 Å². The number of nitrogens with zero attached hydrogens (tertiary/aromatic N) is 1. The number of piperidine rings is 1. The average molecular weight is 211 g/mol. The van der Waals surface area contributed by atoms with Gasteiger partial charge >= 0.3 is 51.4 Å². The van der Waals surface area contributed by atoms with Crippen LogP contribution in [0.1, 0.15) is 46.5 Å². The maximum atomic E-state index is 2.57. The second-order valence-electron chi connectivity index (χ2n) is 2.90. The van der Waals surface area contributed by atoms with Crippen molar-refractivity contribution in [2.45, 2.75) is 46.5 Å². The van der Waals surface area contributed by atoms with Gasteiger partial charge in [0.15, 0.2) is 0 Å². The van der Waals surface area contributed by atoms with E-state index in [-0.39, 0.29) is 58.8 Å². The summed E-state index contributed by atoms with van der Waals surface area (Å²) < 4.78 is 0. The van der Waals surface area contributed by atoms with Crippen molar-refractivity contribution in [1.29, 1.82) is 0 Å². The Hall–Kier alpha value is 1.60. The van der Waals surface area contributed by atoms with Gasteiger partial charge in [0.05, 0.1) is 0 Å². The molecule has 1 nitrogen and oxygen atoms in total. The molecular weight excluding hydrogens is 185 g/mol. The third kappa shape index (κ3) is 11.5. The average Bonchev–Trinajstić information content (AvgIpc) is 2.11. The van der Waals surface area contributed by atoms with Crippen LogP contribution in [-0.4, -0.2) is 24.5 Å². The van der Waals surface area contributed by atoms with E-state index >= 15 is 0 Å². The van der Waals surface area contributed by atoms with Crippen LogP contribution in [0.25, 0.3) is 0 Å². The first-order chi connectivity index (χ1) is 5.43. The van der Waals surface area contributed by atoms with E-state index in [2.05, 4.69) is 11.8 Å². The van der Waals surface area contributed by atoms with Crippen molar-refractivity contribution < 1.29 is 51.4 Å². The topological polar surface area (TPSA) is 3.24 Å². The zero-order chi connectivity index (χ0) is 8.53. The number of likely N-dealkylation sites (tertiary alicyclic amines) is 1. The fourth-order valence-electron chi connectivity index (χ4n) is 1.50. The molecule has 0 aromatic rings. The smallest absolute Gasteiger partial charge is 0.358 e. The predicted octanol–water partition coefficient (Wildman–Crippen LogP) is 0.363. The largest absolute Gasteiger partial charge is 1.00 e. The van der Waals surface area contributed by atoms with Crippen molar-refractivity contribution in [3.63, 3.8) is 0 Å². The first-order valence-corrected chi connectivity index (χ1v) is 5.16. The van der Waals surface area contributed by atoms with Crippen molar-refractivity contribution in [2.24, 2.45) is 0 Å². The molecule has 0 aromatic carbocycles. The maximum absolute atomic E-state index is 2.57. The van der Waals surface area contributed by atoms with E-state index in [0.29, 0.717) is 0 Å². The monoisotopic (exact) mass is 211 g/mol. The van der Waals surface area contributed by atoms with Crippen LogP contribution < -0.4 is 51.4 Å². The second-order valence-corrected chi connectivity index (χ2v) is 2.90. The van der Waals surface area contributed by atoms with Crippen LogP contribution in [0.2, 0.25) is 0 Å². The molecule has 0 atom stereocenters. The van der Waals surface area contributed by atoms with Gasteiger partial charge in [-0.1, -0.05) is 27.2 Å². The summed E-state index contributed by atoms with van der Waals surface area (Å²) >= 11 is 0. The molecule has 0 saturated carbocycles. The summed E-state index contributed by atoms with van der Waals surface area (Å²) in [4.78, 5) is 2.57. The summed E-state index contributed by atoms with van der Waals surface area (Å²) in [6, 6.07) is 0. The predicted molar refractivity (Wildman–Crippen MR) is 58.3 cm³/mol. The molecular formula is C11H26KN.